The monoisotopic (exact) mass is 251 g/mol. The molecule has 100 valence electrons. The summed E-state index contributed by atoms with van der Waals surface area (Å²) in [5.41, 5.74) is 0.657. The van der Waals surface area contributed by atoms with Crippen molar-refractivity contribution in [1.82, 2.24) is 5.32 Å². The summed E-state index contributed by atoms with van der Waals surface area (Å²) < 4.78 is 10.5. The Kier molecular flexibility index (Phi) is 7.06. The Balaban J connectivity index is 2.59. The summed E-state index contributed by atoms with van der Waals surface area (Å²) in [6, 6.07) is 7.35. The fourth-order valence-electron chi connectivity index (χ4n) is 1.62. The van der Waals surface area contributed by atoms with E-state index in [1.807, 2.05) is 31.3 Å². The number of nitrogens with one attached hydrogen (secondary N) is 1. The van der Waals surface area contributed by atoms with Crippen LogP contribution in [0.15, 0.2) is 24.3 Å². The molecular formula is C14H21NO3. The van der Waals surface area contributed by atoms with E-state index in [0.29, 0.717) is 30.9 Å². The third-order valence-electron chi connectivity index (χ3n) is 2.56. The molecule has 0 spiro atoms. The first kappa shape index (κ1) is 14.7. The summed E-state index contributed by atoms with van der Waals surface area (Å²) >= 11 is 0. The van der Waals surface area contributed by atoms with Gasteiger partial charge in [-0.15, -0.1) is 0 Å². The van der Waals surface area contributed by atoms with Gasteiger partial charge in [-0.3, -0.25) is 4.79 Å². The van der Waals surface area contributed by atoms with Crippen LogP contribution < -0.4 is 10.1 Å². The minimum Gasteiger partial charge on any atom is -0.490 e. The van der Waals surface area contributed by atoms with Crippen LogP contribution in [0.5, 0.6) is 5.75 Å². The summed E-state index contributed by atoms with van der Waals surface area (Å²) in [6.45, 7) is 1.82. The predicted molar refractivity (Wildman–Crippen MR) is 71.3 cm³/mol. The lowest BCUT2D eigenvalue weighted by Gasteiger charge is -2.10. The zero-order valence-corrected chi connectivity index (χ0v) is 11.1. The van der Waals surface area contributed by atoms with Crippen LogP contribution in [0.4, 0.5) is 0 Å². The first-order valence-corrected chi connectivity index (χ1v) is 6.18. The molecule has 1 aromatic rings. The smallest absolute Gasteiger partial charge is 0.166 e. The lowest BCUT2D eigenvalue weighted by atomic mass is 10.1. The maximum atomic E-state index is 12.0. The average molecular weight is 251 g/mol. The molecule has 0 amide bonds. The number of ether oxygens (including phenoxy) is 2. The Labute approximate surface area is 108 Å². The van der Waals surface area contributed by atoms with Gasteiger partial charge in [-0.25, -0.2) is 0 Å². The number of para-hydroxylation sites is 1. The van der Waals surface area contributed by atoms with E-state index in [0.717, 1.165) is 13.0 Å². The minimum atomic E-state index is 0.123. The van der Waals surface area contributed by atoms with Crippen LogP contribution >= 0.6 is 0 Å². The van der Waals surface area contributed by atoms with E-state index >= 15 is 0 Å². The van der Waals surface area contributed by atoms with Crippen molar-refractivity contribution in [3.05, 3.63) is 29.8 Å². The highest BCUT2D eigenvalue weighted by molar-refractivity contribution is 5.98. The van der Waals surface area contributed by atoms with Crippen LogP contribution in [0, 0.1) is 0 Å². The van der Waals surface area contributed by atoms with Crippen molar-refractivity contribution >= 4 is 5.78 Å². The molecule has 0 saturated heterocycles. The fourth-order valence-corrected chi connectivity index (χ4v) is 1.62. The van der Waals surface area contributed by atoms with Crippen LogP contribution in [0.2, 0.25) is 0 Å². The molecule has 0 aliphatic carbocycles. The summed E-state index contributed by atoms with van der Waals surface area (Å²) in [6.07, 6.45) is 1.37. The highest BCUT2D eigenvalue weighted by atomic mass is 16.5. The van der Waals surface area contributed by atoms with Gasteiger partial charge >= 0.3 is 0 Å². The topological polar surface area (TPSA) is 47.6 Å². The van der Waals surface area contributed by atoms with Gasteiger partial charge in [0.15, 0.2) is 5.78 Å². The number of hydrogen-bond acceptors (Lipinski definition) is 4. The largest absolute Gasteiger partial charge is 0.490 e. The summed E-state index contributed by atoms with van der Waals surface area (Å²) in [5, 5.41) is 3.03. The lowest BCUT2D eigenvalue weighted by molar-refractivity contribution is 0.0972. The van der Waals surface area contributed by atoms with Gasteiger partial charge in [0, 0.05) is 13.5 Å². The van der Waals surface area contributed by atoms with Gasteiger partial charge in [0.05, 0.1) is 12.2 Å². The first-order chi connectivity index (χ1) is 8.79. The number of carbonyl (C=O) groups excluding carboxylic acids is 1. The molecule has 0 unspecified atom stereocenters. The summed E-state index contributed by atoms with van der Waals surface area (Å²) in [4.78, 5) is 12.0. The number of rotatable bonds is 9. The van der Waals surface area contributed by atoms with Crippen molar-refractivity contribution in [2.45, 2.75) is 12.8 Å². The van der Waals surface area contributed by atoms with Crippen molar-refractivity contribution < 1.29 is 14.3 Å². The predicted octanol–water partition coefficient (Wildman–Crippen LogP) is 1.89. The van der Waals surface area contributed by atoms with Gasteiger partial charge in [0.1, 0.15) is 12.4 Å². The van der Waals surface area contributed by atoms with Crippen molar-refractivity contribution in [1.29, 1.82) is 0 Å². The average Bonchev–Trinajstić information content (AvgIpc) is 2.40. The van der Waals surface area contributed by atoms with Gasteiger partial charge in [0.25, 0.3) is 0 Å². The Morgan fingerprint density at radius 1 is 1.28 bits per heavy atom. The normalized spacial score (nSPS) is 10.3. The Bertz CT molecular complexity index is 366. The zero-order valence-electron chi connectivity index (χ0n) is 11.1. The van der Waals surface area contributed by atoms with Crippen molar-refractivity contribution in [3.63, 3.8) is 0 Å². The number of ketones is 1. The second-order valence-electron chi connectivity index (χ2n) is 3.97. The van der Waals surface area contributed by atoms with Crippen LogP contribution in [0.3, 0.4) is 0 Å². The van der Waals surface area contributed by atoms with E-state index in [1.165, 1.54) is 0 Å². The maximum absolute atomic E-state index is 12.0. The third kappa shape index (κ3) is 4.85. The minimum absolute atomic E-state index is 0.123. The highest BCUT2D eigenvalue weighted by Gasteiger charge is 2.11. The van der Waals surface area contributed by atoms with Crippen molar-refractivity contribution in [3.8, 4) is 5.75 Å². The van der Waals surface area contributed by atoms with Gasteiger partial charge in [-0.2, -0.15) is 0 Å². The number of benzene rings is 1. The highest BCUT2D eigenvalue weighted by Crippen LogP contribution is 2.20. The molecular weight excluding hydrogens is 230 g/mol. The van der Waals surface area contributed by atoms with E-state index in [4.69, 9.17) is 9.47 Å². The number of Topliss-reactive ketones (excluding diaryl/α,β-unsaturated/α-hetero) is 1. The zero-order chi connectivity index (χ0) is 13.2. The third-order valence-corrected chi connectivity index (χ3v) is 2.56. The van der Waals surface area contributed by atoms with Crippen LogP contribution in [0.1, 0.15) is 23.2 Å². The van der Waals surface area contributed by atoms with Crippen LogP contribution in [-0.4, -0.2) is 39.7 Å². The molecule has 0 aliphatic heterocycles. The van der Waals surface area contributed by atoms with E-state index < -0.39 is 0 Å². The molecule has 4 nitrogen and oxygen atoms in total. The number of carbonyl (C=O) groups is 1. The number of hydrogen-bond donors (Lipinski definition) is 1. The number of methoxy groups -OCH3 is 1. The van der Waals surface area contributed by atoms with E-state index in [1.54, 1.807) is 7.11 Å². The van der Waals surface area contributed by atoms with E-state index in [2.05, 4.69) is 5.32 Å². The molecule has 0 aromatic heterocycles. The molecule has 18 heavy (non-hydrogen) atoms. The molecule has 1 aromatic carbocycles. The molecule has 4 heteroatoms. The quantitative estimate of drug-likeness (QED) is 0.538. The van der Waals surface area contributed by atoms with Gasteiger partial charge in [-0.05, 0) is 32.1 Å². The molecule has 0 aliphatic rings. The second kappa shape index (κ2) is 8.66. The molecule has 1 N–H and O–H groups in total. The Hall–Kier alpha value is -1.39. The lowest BCUT2D eigenvalue weighted by Crippen LogP contribution is -2.11. The van der Waals surface area contributed by atoms with Crippen molar-refractivity contribution in [2.24, 2.45) is 0 Å². The molecule has 1 rings (SSSR count). The maximum Gasteiger partial charge on any atom is 0.166 e. The molecule has 0 bridgehead atoms. The summed E-state index contributed by atoms with van der Waals surface area (Å²) in [7, 11) is 3.50. The fraction of sp³-hybridized carbons (Fsp3) is 0.500. The Morgan fingerprint density at radius 3 is 2.78 bits per heavy atom. The van der Waals surface area contributed by atoms with E-state index in [-0.39, 0.29) is 5.78 Å². The molecule has 0 fully saturated rings. The SMILES string of the molecule is CNCCCC(=O)c1ccccc1OCCOC. The molecule has 0 atom stereocenters. The van der Waals surface area contributed by atoms with Crippen LogP contribution in [-0.2, 0) is 4.74 Å². The molecule has 0 saturated carbocycles. The molecule has 0 radical (unpaired) electrons. The Morgan fingerprint density at radius 2 is 2.06 bits per heavy atom. The standard InChI is InChI=1S/C14H21NO3/c1-15-9-5-7-13(16)12-6-3-4-8-14(12)18-11-10-17-2/h3-4,6,8,15H,5,7,9-11H2,1-2H3. The second-order valence-corrected chi connectivity index (χ2v) is 3.97. The summed E-state index contributed by atoms with van der Waals surface area (Å²) in [5.74, 6) is 0.766. The molecule has 0 heterocycles. The van der Waals surface area contributed by atoms with E-state index in [9.17, 15) is 4.79 Å². The van der Waals surface area contributed by atoms with Gasteiger partial charge in [-0.1, -0.05) is 12.1 Å². The first-order valence-electron chi connectivity index (χ1n) is 6.18. The van der Waals surface area contributed by atoms with Gasteiger partial charge in [0.2, 0.25) is 0 Å². The van der Waals surface area contributed by atoms with Crippen molar-refractivity contribution in [2.75, 3.05) is 33.9 Å². The van der Waals surface area contributed by atoms with Crippen LogP contribution in [0.25, 0.3) is 0 Å². The van der Waals surface area contributed by atoms with Gasteiger partial charge < -0.3 is 14.8 Å².